The Balaban J connectivity index is 2.73. The van der Waals surface area contributed by atoms with E-state index < -0.39 is 12.0 Å². The molecule has 21 heavy (non-hydrogen) atoms. The first-order valence-electron chi connectivity index (χ1n) is 7.12. The molecule has 1 amide bonds. The maximum atomic E-state index is 11.9. The van der Waals surface area contributed by atoms with Crippen molar-refractivity contribution < 1.29 is 19.4 Å². The predicted molar refractivity (Wildman–Crippen MR) is 80.0 cm³/mol. The summed E-state index contributed by atoms with van der Waals surface area (Å²) in [6, 6.07) is 6.89. The highest BCUT2D eigenvalue weighted by molar-refractivity contribution is 5.79. The van der Waals surface area contributed by atoms with Crippen LogP contribution in [0.4, 0.5) is 0 Å². The number of carboxylic acid groups (broad SMARTS) is 1. The van der Waals surface area contributed by atoms with E-state index in [1.165, 1.54) is 0 Å². The van der Waals surface area contributed by atoms with E-state index in [2.05, 4.69) is 5.32 Å². The molecular weight excluding hydrogens is 270 g/mol. The van der Waals surface area contributed by atoms with E-state index in [0.717, 1.165) is 17.5 Å². The van der Waals surface area contributed by atoms with Crippen molar-refractivity contribution in [3.63, 3.8) is 0 Å². The molecule has 2 N–H and O–H groups in total. The van der Waals surface area contributed by atoms with E-state index in [4.69, 9.17) is 9.84 Å². The van der Waals surface area contributed by atoms with Crippen molar-refractivity contribution in [1.82, 2.24) is 5.32 Å². The van der Waals surface area contributed by atoms with Crippen LogP contribution in [-0.2, 0) is 14.3 Å². The molecule has 1 rings (SSSR count). The van der Waals surface area contributed by atoms with Crippen molar-refractivity contribution in [3.8, 4) is 0 Å². The number of aliphatic carboxylic acids is 1. The van der Waals surface area contributed by atoms with Crippen LogP contribution in [0.5, 0.6) is 0 Å². The van der Waals surface area contributed by atoms with E-state index in [-0.39, 0.29) is 25.0 Å². The van der Waals surface area contributed by atoms with Gasteiger partial charge >= 0.3 is 5.97 Å². The second-order valence-corrected chi connectivity index (χ2v) is 5.10. The number of amides is 1. The zero-order chi connectivity index (χ0) is 15.8. The number of aryl methyl sites for hydroxylation is 1. The molecule has 5 nitrogen and oxygen atoms in total. The second-order valence-electron chi connectivity index (χ2n) is 5.10. The highest BCUT2D eigenvalue weighted by atomic mass is 16.5. The summed E-state index contributed by atoms with van der Waals surface area (Å²) in [6.45, 7) is 5.70. The molecule has 0 saturated heterocycles. The van der Waals surface area contributed by atoms with Gasteiger partial charge in [0, 0.05) is 0 Å². The summed E-state index contributed by atoms with van der Waals surface area (Å²) in [5.41, 5.74) is 1.77. The summed E-state index contributed by atoms with van der Waals surface area (Å²) in [6.07, 6.45) is 0.677. The number of carbonyl (C=O) groups excluding carboxylic acids is 1. The van der Waals surface area contributed by atoms with Gasteiger partial charge in [-0.05, 0) is 31.4 Å². The fourth-order valence-electron chi connectivity index (χ4n) is 1.96. The smallest absolute Gasteiger partial charge is 0.305 e. The number of nitrogens with one attached hydrogen (secondary N) is 1. The highest BCUT2D eigenvalue weighted by Crippen LogP contribution is 2.20. The van der Waals surface area contributed by atoms with Gasteiger partial charge in [0.25, 0.3) is 0 Å². The number of benzene rings is 1. The third-order valence-corrected chi connectivity index (χ3v) is 3.35. The van der Waals surface area contributed by atoms with Crippen LogP contribution >= 0.6 is 0 Å². The molecule has 5 heteroatoms. The molecule has 0 fully saturated rings. The molecule has 0 aliphatic rings. The third-order valence-electron chi connectivity index (χ3n) is 3.35. The maximum Gasteiger partial charge on any atom is 0.305 e. The molecule has 0 aliphatic carbocycles. The summed E-state index contributed by atoms with van der Waals surface area (Å²) in [4.78, 5) is 22.9. The van der Waals surface area contributed by atoms with Crippen LogP contribution in [0.1, 0.15) is 43.9 Å². The Bertz CT molecular complexity index is 487. The molecule has 116 valence electrons. The Morgan fingerprint density at radius 2 is 2.00 bits per heavy atom. The Morgan fingerprint density at radius 3 is 2.57 bits per heavy atom. The SMILES string of the molecule is CCC(C)OCC(=O)NC(CC(=O)O)c1ccccc1C. The van der Waals surface area contributed by atoms with Crippen LogP contribution in [0.3, 0.4) is 0 Å². The topological polar surface area (TPSA) is 75.6 Å². The van der Waals surface area contributed by atoms with Gasteiger partial charge in [0.2, 0.25) is 5.91 Å². The van der Waals surface area contributed by atoms with Crippen molar-refractivity contribution in [3.05, 3.63) is 35.4 Å². The average molecular weight is 293 g/mol. The molecule has 0 bridgehead atoms. The molecule has 1 aromatic rings. The van der Waals surface area contributed by atoms with Gasteiger partial charge in [-0.2, -0.15) is 0 Å². The Hall–Kier alpha value is -1.88. The maximum absolute atomic E-state index is 11.9. The van der Waals surface area contributed by atoms with E-state index in [1.54, 1.807) is 0 Å². The number of hydrogen-bond donors (Lipinski definition) is 2. The van der Waals surface area contributed by atoms with E-state index >= 15 is 0 Å². The standard InChI is InChI=1S/C16H23NO4/c1-4-12(3)21-10-15(18)17-14(9-16(19)20)13-8-6-5-7-11(13)2/h5-8,12,14H,4,9-10H2,1-3H3,(H,17,18)(H,19,20). The molecule has 0 saturated carbocycles. The number of carbonyl (C=O) groups is 2. The first-order valence-corrected chi connectivity index (χ1v) is 7.12. The number of rotatable bonds is 8. The Morgan fingerprint density at radius 1 is 1.33 bits per heavy atom. The number of hydrogen-bond acceptors (Lipinski definition) is 3. The van der Waals surface area contributed by atoms with Crippen LogP contribution < -0.4 is 5.32 Å². The average Bonchev–Trinajstić information content (AvgIpc) is 2.44. The summed E-state index contributed by atoms with van der Waals surface area (Å²) < 4.78 is 5.37. The Labute approximate surface area is 125 Å². The molecule has 1 aromatic carbocycles. The van der Waals surface area contributed by atoms with Gasteiger partial charge in [0.1, 0.15) is 6.61 Å². The van der Waals surface area contributed by atoms with Gasteiger partial charge in [-0.1, -0.05) is 31.2 Å². The normalized spacial score (nSPS) is 13.5. The van der Waals surface area contributed by atoms with E-state index in [1.807, 2.05) is 45.0 Å². The van der Waals surface area contributed by atoms with E-state index in [0.29, 0.717) is 0 Å². The first kappa shape index (κ1) is 17.2. The molecule has 0 spiro atoms. The third kappa shape index (κ3) is 5.95. The van der Waals surface area contributed by atoms with Gasteiger partial charge < -0.3 is 15.2 Å². The summed E-state index contributed by atoms with van der Waals surface area (Å²) in [5, 5.41) is 11.8. The quantitative estimate of drug-likeness (QED) is 0.772. The first-order chi connectivity index (χ1) is 9.93. The molecule has 0 aliphatic heterocycles. The van der Waals surface area contributed by atoms with Crippen LogP contribution in [0.25, 0.3) is 0 Å². The largest absolute Gasteiger partial charge is 0.481 e. The molecule has 2 unspecified atom stereocenters. The lowest BCUT2D eigenvalue weighted by Crippen LogP contribution is -2.34. The van der Waals surface area contributed by atoms with Crippen molar-refractivity contribution in [1.29, 1.82) is 0 Å². The minimum atomic E-state index is -0.952. The fraction of sp³-hybridized carbons (Fsp3) is 0.500. The van der Waals surface area contributed by atoms with Crippen molar-refractivity contribution in [2.24, 2.45) is 0 Å². The molecule has 0 radical (unpaired) electrons. The molecule has 0 heterocycles. The highest BCUT2D eigenvalue weighted by Gasteiger charge is 2.19. The number of ether oxygens (including phenoxy) is 1. The minimum Gasteiger partial charge on any atom is -0.481 e. The van der Waals surface area contributed by atoms with Gasteiger partial charge in [0.15, 0.2) is 0 Å². The van der Waals surface area contributed by atoms with Crippen molar-refractivity contribution >= 4 is 11.9 Å². The van der Waals surface area contributed by atoms with Crippen molar-refractivity contribution in [2.45, 2.75) is 45.8 Å². The number of carboxylic acids is 1. The van der Waals surface area contributed by atoms with Gasteiger partial charge in [-0.3, -0.25) is 9.59 Å². The lowest BCUT2D eigenvalue weighted by atomic mass is 9.99. The molecule has 0 aromatic heterocycles. The molecular formula is C16H23NO4. The minimum absolute atomic E-state index is 0.00661. The van der Waals surface area contributed by atoms with Gasteiger partial charge in [-0.25, -0.2) is 0 Å². The summed E-state index contributed by atoms with van der Waals surface area (Å²) >= 11 is 0. The summed E-state index contributed by atoms with van der Waals surface area (Å²) in [5.74, 6) is -1.25. The van der Waals surface area contributed by atoms with Crippen LogP contribution in [-0.4, -0.2) is 29.7 Å². The monoisotopic (exact) mass is 293 g/mol. The lowest BCUT2D eigenvalue weighted by molar-refractivity contribution is -0.138. The van der Waals surface area contributed by atoms with Gasteiger partial charge in [0.05, 0.1) is 18.6 Å². The van der Waals surface area contributed by atoms with Crippen molar-refractivity contribution in [2.75, 3.05) is 6.61 Å². The van der Waals surface area contributed by atoms with Gasteiger partial charge in [-0.15, -0.1) is 0 Å². The second kappa shape index (κ2) is 8.42. The predicted octanol–water partition coefficient (Wildman–Crippen LogP) is 2.44. The Kier molecular flexibility index (Phi) is 6.88. The van der Waals surface area contributed by atoms with E-state index in [9.17, 15) is 9.59 Å². The van der Waals surface area contributed by atoms with Crippen LogP contribution in [0.15, 0.2) is 24.3 Å². The van der Waals surface area contributed by atoms with Crippen LogP contribution in [0, 0.1) is 6.92 Å². The summed E-state index contributed by atoms with van der Waals surface area (Å²) in [7, 11) is 0. The molecule has 2 atom stereocenters. The lowest BCUT2D eigenvalue weighted by Gasteiger charge is -2.20. The zero-order valence-corrected chi connectivity index (χ0v) is 12.8. The van der Waals surface area contributed by atoms with Crippen LogP contribution in [0.2, 0.25) is 0 Å². The fourth-order valence-corrected chi connectivity index (χ4v) is 1.96. The zero-order valence-electron chi connectivity index (χ0n) is 12.8.